The summed E-state index contributed by atoms with van der Waals surface area (Å²) < 4.78 is 27.2. The van der Waals surface area contributed by atoms with Crippen LogP contribution in [0.1, 0.15) is 41.0 Å². The Labute approximate surface area is 116 Å². The van der Waals surface area contributed by atoms with Crippen LogP contribution in [0.2, 0.25) is 0 Å². The molecular weight excluding hydrogens is 260 g/mol. The molecular formula is C14H24N2O2S. The second-order valence-electron chi connectivity index (χ2n) is 5.63. The smallest absolute Gasteiger partial charge is 0.242 e. The second kappa shape index (κ2) is 5.92. The summed E-state index contributed by atoms with van der Waals surface area (Å²) in [5.74, 6) is 0. The van der Waals surface area contributed by atoms with E-state index in [0.717, 1.165) is 6.42 Å². The van der Waals surface area contributed by atoms with Gasteiger partial charge in [0, 0.05) is 11.6 Å². The van der Waals surface area contributed by atoms with E-state index < -0.39 is 10.0 Å². The highest BCUT2D eigenvalue weighted by atomic mass is 32.2. The van der Waals surface area contributed by atoms with E-state index in [0.29, 0.717) is 10.6 Å². The Morgan fingerprint density at radius 1 is 1.21 bits per heavy atom. The standard InChI is InChI=1S/C14H24N2O2S/c1-6-14(4,5)15-12-9-7-8-10-13(12)19(17,18)16-11(2)3/h7-11,15-16H,6H2,1-5H3. The van der Waals surface area contributed by atoms with Crippen LogP contribution in [0.4, 0.5) is 5.69 Å². The van der Waals surface area contributed by atoms with Crippen LogP contribution in [0.3, 0.4) is 0 Å². The van der Waals surface area contributed by atoms with Crippen molar-refractivity contribution < 1.29 is 8.42 Å². The minimum absolute atomic E-state index is 0.128. The van der Waals surface area contributed by atoms with Gasteiger partial charge in [0.1, 0.15) is 4.90 Å². The highest BCUT2D eigenvalue weighted by molar-refractivity contribution is 7.89. The molecule has 108 valence electrons. The number of sulfonamides is 1. The van der Waals surface area contributed by atoms with Crippen LogP contribution in [0, 0.1) is 0 Å². The Bertz CT molecular complexity index is 522. The van der Waals surface area contributed by atoms with E-state index in [-0.39, 0.29) is 11.6 Å². The third kappa shape index (κ3) is 4.51. The Balaban J connectivity index is 3.16. The van der Waals surface area contributed by atoms with Crippen molar-refractivity contribution in [3.63, 3.8) is 0 Å². The molecule has 2 N–H and O–H groups in total. The minimum atomic E-state index is -3.48. The number of benzene rings is 1. The molecule has 5 heteroatoms. The monoisotopic (exact) mass is 284 g/mol. The fraction of sp³-hybridized carbons (Fsp3) is 0.571. The zero-order valence-electron chi connectivity index (χ0n) is 12.3. The molecule has 4 nitrogen and oxygen atoms in total. The molecule has 0 atom stereocenters. The molecule has 0 saturated carbocycles. The van der Waals surface area contributed by atoms with Gasteiger partial charge in [-0.3, -0.25) is 0 Å². The molecule has 0 heterocycles. The third-order valence-corrected chi connectivity index (χ3v) is 4.64. The normalized spacial score (nSPS) is 12.7. The Morgan fingerprint density at radius 3 is 2.32 bits per heavy atom. The summed E-state index contributed by atoms with van der Waals surface area (Å²) in [4.78, 5) is 0.297. The predicted molar refractivity (Wildman–Crippen MR) is 79.9 cm³/mol. The molecule has 0 aliphatic carbocycles. The van der Waals surface area contributed by atoms with Crippen LogP contribution >= 0.6 is 0 Å². The molecule has 0 unspecified atom stereocenters. The van der Waals surface area contributed by atoms with E-state index >= 15 is 0 Å². The van der Waals surface area contributed by atoms with E-state index in [2.05, 4.69) is 17.0 Å². The van der Waals surface area contributed by atoms with Gasteiger partial charge in [0.05, 0.1) is 5.69 Å². The number of hydrogen-bond donors (Lipinski definition) is 2. The lowest BCUT2D eigenvalue weighted by atomic mass is 10.0. The quantitative estimate of drug-likeness (QED) is 0.844. The molecule has 19 heavy (non-hydrogen) atoms. The van der Waals surface area contributed by atoms with Gasteiger partial charge in [-0.15, -0.1) is 0 Å². The van der Waals surface area contributed by atoms with Gasteiger partial charge in [0.15, 0.2) is 0 Å². The molecule has 0 radical (unpaired) electrons. The van der Waals surface area contributed by atoms with Gasteiger partial charge >= 0.3 is 0 Å². The second-order valence-corrected chi connectivity index (χ2v) is 7.32. The molecule has 0 aliphatic rings. The lowest BCUT2D eigenvalue weighted by Gasteiger charge is -2.27. The highest BCUT2D eigenvalue weighted by Gasteiger charge is 2.22. The lowest BCUT2D eigenvalue weighted by molar-refractivity contribution is 0.543. The van der Waals surface area contributed by atoms with E-state index in [1.807, 2.05) is 33.8 Å². The maximum absolute atomic E-state index is 12.3. The van der Waals surface area contributed by atoms with Crippen molar-refractivity contribution in [2.24, 2.45) is 0 Å². The highest BCUT2D eigenvalue weighted by Crippen LogP contribution is 2.25. The van der Waals surface area contributed by atoms with Crippen LogP contribution in [-0.4, -0.2) is 20.0 Å². The maximum atomic E-state index is 12.3. The Kier molecular flexibility index (Phi) is 4.98. The first-order chi connectivity index (χ1) is 8.68. The summed E-state index contributed by atoms with van der Waals surface area (Å²) in [5.41, 5.74) is 0.492. The molecule has 0 aromatic heterocycles. The topological polar surface area (TPSA) is 58.2 Å². The number of nitrogens with one attached hydrogen (secondary N) is 2. The molecule has 0 bridgehead atoms. The largest absolute Gasteiger partial charge is 0.379 e. The van der Waals surface area contributed by atoms with Crippen LogP contribution in [0.15, 0.2) is 29.2 Å². The van der Waals surface area contributed by atoms with Gasteiger partial charge in [-0.25, -0.2) is 13.1 Å². The Morgan fingerprint density at radius 2 is 1.79 bits per heavy atom. The summed E-state index contributed by atoms with van der Waals surface area (Å²) in [7, 11) is -3.48. The SMILES string of the molecule is CCC(C)(C)Nc1ccccc1S(=O)(=O)NC(C)C. The van der Waals surface area contributed by atoms with Gasteiger partial charge in [-0.05, 0) is 46.2 Å². The summed E-state index contributed by atoms with van der Waals surface area (Å²) in [5, 5.41) is 3.30. The van der Waals surface area contributed by atoms with Gasteiger partial charge < -0.3 is 5.32 Å². The van der Waals surface area contributed by atoms with Crippen molar-refractivity contribution in [3.05, 3.63) is 24.3 Å². The zero-order chi connectivity index (χ0) is 14.7. The van der Waals surface area contributed by atoms with Crippen molar-refractivity contribution >= 4 is 15.7 Å². The first kappa shape index (κ1) is 16.0. The zero-order valence-corrected chi connectivity index (χ0v) is 13.1. The first-order valence-electron chi connectivity index (χ1n) is 6.57. The van der Waals surface area contributed by atoms with Crippen molar-refractivity contribution in [2.45, 2.75) is 57.5 Å². The summed E-state index contributed by atoms with van der Waals surface area (Å²) in [6.07, 6.45) is 0.902. The average Bonchev–Trinajstić information content (AvgIpc) is 2.27. The number of hydrogen-bond acceptors (Lipinski definition) is 3. The van der Waals surface area contributed by atoms with Crippen molar-refractivity contribution in [2.75, 3.05) is 5.32 Å². The van der Waals surface area contributed by atoms with E-state index in [9.17, 15) is 8.42 Å². The molecule has 0 fully saturated rings. The van der Waals surface area contributed by atoms with Gasteiger partial charge in [0.2, 0.25) is 10.0 Å². The van der Waals surface area contributed by atoms with Gasteiger partial charge in [-0.2, -0.15) is 0 Å². The minimum Gasteiger partial charge on any atom is -0.379 e. The van der Waals surface area contributed by atoms with Crippen LogP contribution in [0.25, 0.3) is 0 Å². The fourth-order valence-electron chi connectivity index (χ4n) is 1.63. The van der Waals surface area contributed by atoms with Crippen molar-refractivity contribution in [3.8, 4) is 0 Å². The van der Waals surface area contributed by atoms with E-state index in [1.54, 1.807) is 18.2 Å². The first-order valence-corrected chi connectivity index (χ1v) is 8.06. The summed E-state index contributed by atoms with van der Waals surface area (Å²) in [6, 6.07) is 6.87. The number of para-hydroxylation sites is 1. The van der Waals surface area contributed by atoms with Gasteiger partial charge in [-0.1, -0.05) is 19.1 Å². The average molecular weight is 284 g/mol. The van der Waals surface area contributed by atoms with E-state index in [1.165, 1.54) is 0 Å². The van der Waals surface area contributed by atoms with Crippen LogP contribution in [-0.2, 0) is 10.0 Å². The molecule has 1 aromatic carbocycles. The summed E-state index contributed by atoms with van der Waals surface area (Å²) in [6.45, 7) is 9.78. The molecule has 0 amide bonds. The predicted octanol–water partition coefficient (Wildman–Crippen LogP) is 2.97. The molecule has 1 aromatic rings. The Hall–Kier alpha value is -1.07. The fourth-order valence-corrected chi connectivity index (χ4v) is 3.04. The molecule has 1 rings (SSSR count). The number of rotatable bonds is 6. The maximum Gasteiger partial charge on any atom is 0.242 e. The third-order valence-electron chi connectivity index (χ3n) is 2.92. The van der Waals surface area contributed by atoms with Gasteiger partial charge in [0.25, 0.3) is 0 Å². The van der Waals surface area contributed by atoms with Crippen LogP contribution < -0.4 is 10.0 Å². The van der Waals surface area contributed by atoms with Crippen molar-refractivity contribution in [1.29, 1.82) is 0 Å². The lowest BCUT2D eigenvalue weighted by Crippen LogP contribution is -2.33. The van der Waals surface area contributed by atoms with Crippen LogP contribution in [0.5, 0.6) is 0 Å². The summed E-state index contributed by atoms with van der Waals surface area (Å²) >= 11 is 0. The molecule has 0 spiro atoms. The number of anilines is 1. The molecule has 0 saturated heterocycles. The van der Waals surface area contributed by atoms with E-state index in [4.69, 9.17) is 0 Å². The molecule has 0 aliphatic heterocycles. The van der Waals surface area contributed by atoms with Crippen molar-refractivity contribution in [1.82, 2.24) is 4.72 Å².